The average molecular weight is 210 g/mol. The molecule has 0 fully saturated rings. The van der Waals surface area contributed by atoms with Crippen molar-refractivity contribution in [3.63, 3.8) is 0 Å². The summed E-state index contributed by atoms with van der Waals surface area (Å²) in [5, 5.41) is 2.96. The van der Waals surface area contributed by atoms with Crippen molar-refractivity contribution in [3.8, 4) is 0 Å². The first kappa shape index (κ1) is 11.7. The third-order valence-corrected chi connectivity index (χ3v) is 1.95. The summed E-state index contributed by atoms with van der Waals surface area (Å²) in [6, 6.07) is 1.52. The molecule has 84 valence electrons. The number of nitrogens with two attached hydrogens (primary N) is 1. The molecule has 0 aliphatic heterocycles. The summed E-state index contributed by atoms with van der Waals surface area (Å²) in [5.41, 5.74) is 5.85. The quantitative estimate of drug-likeness (QED) is 0.676. The molecule has 1 aromatic rings. The molecular weight excluding hydrogens is 192 g/mol. The molecule has 1 rings (SSSR count). The number of nitrogens with zero attached hydrogens (tertiary/aromatic N) is 1. The summed E-state index contributed by atoms with van der Waals surface area (Å²) in [7, 11) is 0. The fourth-order valence-corrected chi connectivity index (χ4v) is 1.12. The van der Waals surface area contributed by atoms with Crippen LogP contribution >= 0.6 is 0 Å². The Morgan fingerprint density at radius 1 is 1.53 bits per heavy atom. The number of anilines is 1. The van der Waals surface area contributed by atoms with Gasteiger partial charge in [0, 0.05) is 24.6 Å². The molecule has 0 aliphatic rings. The largest absolute Gasteiger partial charge is 0.354 e. The van der Waals surface area contributed by atoms with E-state index in [2.05, 4.69) is 15.3 Å². The van der Waals surface area contributed by atoms with E-state index in [-0.39, 0.29) is 11.0 Å². The number of hydrogen-bond donors (Lipinski definition) is 3. The highest BCUT2D eigenvalue weighted by Gasteiger charge is 2.16. The van der Waals surface area contributed by atoms with Gasteiger partial charge < -0.3 is 11.1 Å². The molecule has 1 aromatic heterocycles. The molecule has 0 spiro atoms. The molecule has 1 heterocycles. The molecule has 0 amide bonds. The highest BCUT2D eigenvalue weighted by Crippen LogP contribution is 2.18. The van der Waals surface area contributed by atoms with Crippen LogP contribution in [0.15, 0.2) is 10.9 Å². The van der Waals surface area contributed by atoms with Crippen LogP contribution in [0.1, 0.15) is 26.5 Å². The predicted molar refractivity (Wildman–Crippen MR) is 61.1 cm³/mol. The monoisotopic (exact) mass is 210 g/mol. The SMILES string of the molecule is CC(C)(C)c1cc(=O)[nH]c(NCCN)n1. The molecule has 0 aromatic carbocycles. The van der Waals surface area contributed by atoms with Gasteiger partial charge in [0.1, 0.15) is 0 Å². The van der Waals surface area contributed by atoms with Gasteiger partial charge in [-0.3, -0.25) is 9.78 Å². The molecule has 0 aliphatic carbocycles. The van der Waals surface area contributed by atoms with Crippen molar-refractivity contribution in [1.29, 1.82) is 0 Å². The van der Waals surface area contributed by atoms with Gasteiger partial charge >= 0.3 is 0 Å². The Labute approximate surface area is 89.1 Å². The topological polar surface area (TPSA) is 83.8 Å². The van der Waals surface area contributed by atoms with Gasteiger partial charge in [-0.05, 0) is 0 Å². The molecule has 5 nitrogen and oxygen atoms in total. The zero-order chi connectivity index (χ0) is 11.5. The number of aromatic amines is 1. The van der Waals surface area contributed by atoms with Gasteiger partial charge in [0.15, 0.2) is 0 Å². The summed E-state index contributed by atoms with van der Waals surface area (Å²) in [5.74, 6) is 0.484. The van der Waals surface area contributed by atoms with Gasteiger partial charge in [-0.2, -0.15) is 0 Å². The van der Waals surface area contributed by atoms with Crippen molar-refractivity contribution >= 4 is 5.95 Å². The van der Waals surface area contributed by atoms with Crippen molar-refractivity contribution in [3.05, 3.63) is 22.1 Å². The van der Waals surface area contributed by atoms with Crippen LogP contribution in [0.2, 0.25) is 0 Å². The lowest BCUT2D eigenvalue weighted by atomic mass is 9.92. The Morgan fingerprint density at radius 2 is 2.20 bits per heavy atom. The smallest absolute Gasteiger partial charge is 0.252 e. The predicted octanol–water partition coefficient (Wildman–Crippen LogP) is 0.438. The van der Waals surface area contributed by atoms with E-state index >= 15 is 0 Å². The van der Waals surface area contributed by atoms with Crippen molar-refractivity contribution in [2.24, 2.45) is 5.73 Å². The molecule has 15 heavy (non-hydrogen) atoms. The molecule has 0 radical (unpaired) electrons. The number of H-pyrrole nitrogens is 1. The van der Waals surface area contributed by atoms with Gasteiger partial charge in [0.25, 0.3) is 5.56 Å². The van der Waals surface area contributed by atoms with E-state index in [4.69, 9.17) is 5.73 Å². The highest BCUT2D eigenvalue weighted by atomic mass is 16.1. The van der Waals surface area contributed by atoms with E-state index in [1.54, 1.807) is 0 Å². The fraction of sp³-hybridized carbons (Fsp3) is 0.600. The first-order valence-corrected chi connectivity index (χ1v) is 4.99. The zero-order valence-corrected chi connectivity index (χ0v) is 9.42. The maximum atomic E-state index is 11.4. The second-order valence-corrected chi connectivity index (χ2v) is 4.44. The normalized spacial score (nSPS) is 11.5. The molecule has 5 heteroatoms. The molecule has 0 atom stereocenters. The van der Waals surface area contributed by atoms with E-state index in [1.165, 1.54) is 6.07 Å². The van der Waals surface area contributed by atoms with E-state index in [0.29, 0.717) is 19.0 Å². The lowest BCUT2D eigenvalue weighted by Gasteiger charge is -2.17. The maximum Gasteiger partial charge on any atom is 0.252 e. The Morgan fingerprint density at radius 3 is 2.73 bits per heavy atom. The van der Waals surface area contributed by atoms with Gasteiger partial charge in [0.05, 0.1) is 5.69 Å². The maximum absolute atomic E-state index is 11.4. The van der Waals surface area contributed by atoms with Crippen molar-refractivity contribution in [1.82, 2.24) is 9.97 Å². The second kappa shape index (κ2) is 4.44. The Balaban J connectivity index is 3.01. The van der Waals surface area contributed by atoms with Crippen molar-refractivity contribution in [2.45, 2.75) is 26.2 Å². The Bertz CT molecular complexity index is 378. The first-order chi connectivity index (χ1) is 6.93. The summed E-state index contributed by atoms with van der Waals surface area (Å²) in [4.78, 5) is 18.3. The molecule has 0 unspecified atom stereocenters. The van der Waals surface area contributed by atoms with Crippen LogP contribution in [0, 0.1) is 0 Å². The fourth-order valence-electron chi connectivity index (χ4n) is 1.12. The summed E-state index contributed by atoms with van der Waals surface area (Å²) < 4.78 is 0. The lowest BCUT2D eigenvalue weighted by Crippen LogP contribution is -2.23. The Kier molecular flexibility index (Phi) is 3.47. The number of nitrogens with one attached hydrogen (secondary N) is 2. The van der Waals surface area contributed by atoms with Crippen LogP contribution < -0.4 is 16.6 Å². The van der Waals surface area contributed by atoms with Gasteiger partial charge in [0.2, 0.25) is 5.95 Å². The van der Waals surface area contributed by atoms with Crippen LogP contribution in [-0.4, -0.2) is 23.1 Å². The Hall–Kier alpha value is -1.36. The standard InChI is InChI=1S/C10H18N4O/c1-10(2,3)7-6-8(15)14-9(13-7)12-5-4-11/h6H,4-5,11H2,1-3H3,(H2,12,13,14,15). The minimum Gasteiger partial charge on any atom is -0.354 e. The third-order valence-electron chi connectivity index (χ3n) is 1.95. The minimum atomic E-state index is -0.144. The van der Waals surface area contributed by atoms with Gasteiger partial charge in [-0.15, -0.1) is 0 Å². The van der Waals surface area contributed by atoms with E-state index in [1.807, 2.05) is 20.8 Å². The van der Waals surface area contributed by atoms with Gasteiger partial charge in [-0.1, -0.05) is 20.8 Å². The van der Waals surface area contributed by atoms with Crippen LogP contribution in [0.25, 0.3) is 0 Å². The van der Waals surface area contributed by atoms with Gasteiger partial charge in [-0.25, -0.2) is 4.98 Å². The average Bonchev–Trinajstić information content (AvgIpc) is 2.12. The van der Waals surface area contributed by atoms with Crippen molar-refractivity contribution < 1.29 is 0 Å². The lowest BCUT2D eigenvalue weighted by molar-refractivity contribution is 0.566. The highest BCUT2D eigenvalue weighted by molar-refractivity contribution is 5.27. The summed E-state index contributed by atoms with van der Waals surface area (Å²) >= 11 is 0. The summed E-state index contributed by atoms with van der Waals surface area (Å²) in [6.07, 6.45) is 0. The van der Waals surface area contributed by atoms with E-state index in [0.717, 1.165) is 5.69 Å². The third kappa shape index (κ3) is 3.36. The second-order valence-electron chi connectivity index (χ2n) is 4.44. The van der Waals surface area contributed by atoms with E-state index in [9.17, 15) is 4.79 Å². The molecule has 4 N–H and O–H groups in total. The molecule has 0 saturated heterocycles. The number of aromatic nitrogens is 2. The molecule has 0 saturated carbocycles. The van der Waals surface area contributed by atoms with Crippen molar-refractivity contribution in [2.75, 3.05) is 18.4 Å². The van der Waals surface area contributed by atoms with Crippen LogP contribution in [0.3, 0.4) is 0 Å². The molecule has 0 bridgehead atoms. The number of rotatable bonds is 3. The van der Waals surface area contributed by atoms with Crippen LogP contribution in [0.4, 0.5) is 5.95 Å². The zero-order valence-electron chi connectivity index (χ0n) is 9.42. The summed E-state index contributed by atoms with van der Waals surface area (Å²) in [6.45, 7) is 7.14. The van der Waals surface area contributed by atoms with Crippen LogP contribution in [-0.2, 0) is 5.41 Å². The number of hydrogen-bond acceptors (Lipinski definition) is 4. The van der Waals surface area contributed by atoms with Crippen LogP contribution in [0.5, 0.6) is 0 Å². The minimum absolute atomic E-state index is 0.132. The first-order valence-electron chi connectivity index (χ1n) is 4.99. The van der Waals surface area contributed by atoms with E-state index < -0.39 is 0 Å². The molecular formula is C10H18N4O.